The predicted molar refractivity (Wildman–Crippen MR) is 84.7 cm³/mol. The molecule has 0 radical (unpaired) electrons. The molecule has 2 rings (SSSR count). The summed E-state index contributed by atoms with van der Waals surface area (Å²) < 4.78 is 10.4. The van der Waals surface area contributed by atoms with Gasteiger partial charge in [0.15, 0.2) is 11.5 Å². The van der Waals surface area contributed by atoms with Crippen molar-refractivity contribution < 1.29 is 14.3 Å². The van der Waals surface area contributed by atoms with Gasteiger partial charge in [0.05, 0.1) is 19.2 Å². The Labute approximate surface area is 133 Å². The van der Waals surface area contributed by atoms with E-state index in [9.17, 15) is 4.79 Å². The van der Waals surface area contributed by atoms with E-state index in [1.807, 2.05) is 6.07 Å². The zero-order chi connectivity index (χ0) is 15.9. The van der Waals surface area contributed by atoms with Crippen molar-refractivity contribution in [2.75, 3.05) is 19.5 Å². The maximum absolute atomic E-state index is 11.8. The van der Waals surface area contributed by atoms with Crippen LogP contribution in [0.3, 0.4) is 0 Å². The number of methoxy groups -OCH3 is 2. The van der Waals surface area contributed by atoms with Crippen molar-refractivity contribution in [3.63, 3.8) is 0 Å². The molecule has 0 saturated heterocycles. The molecule has 1 heterocycles. The summed E-state index contributed by atoms with van der Waals surface area (Å²) in [4.78, 5) is 15.8. The fourth-order valence-corrected chi connectivity index (χ4v) is 1.89. The summed E-state index contributed by atoms with van der Waals surface area (Å²) in [5, 5.41) is 5.86. The third-order valence-electron chi connectivity index (χ3n) is 2.87. The summed E-state index contributed by atoms with van der Waals surface area (Å²) in [5.74, 6) is 1.68. The van der Waals surface area contributed by atoms with Gasteiger partial charge in [-0.3, -0.25) is 5.32 Å². The van der Waals surface area contributed by atoms with Gasteiger partial charge in [0.25, 0.3) is 0 Å². The third-order valence-corrected chi connectivity index (χ3v) is 3.09. The molecule has 0 spiro atoms. The van der Waals surface area contributed by atoms with Crippen LogP contribution in [0, 0.1) is 0 Å². The van der Waals surface area contributed by atoms with Crippen molar-refractivity contribution in [3.05, 3.63) is 47.1 Å². The Morgan fingerprint density at radius 3 is 2.59 bits per heavy atom. The average molecular weight is 322 g/mol. The highest BCUT2D eigenvalue weighted by Crippen LogP contribution is 2.27. The zero-order valence-electron chi connectivity index (χ0n) is 12.2. The van der Waals surface area contributed by atoms with Gasteiger partial charge in [-0.05, 0) is 29.8 Å². The Balaban J connectivity index is 1.92. The second-order valence-corrected chi connectivity index (χ2v) is 4.80. The first-order valence-electron chi connectivity index (χ1n) is 6.49. The van der Waals surface area contributed by atoms with Gasteiger partial charge in [0, 0.05) is 12.7 Å². The lowest BCUT2D eigenvalue weighted by Gasteiger charge is -2.10. The average Bonchev–Trinajstić information content (AvgIpc) is 2.54. The second-order valence-electron chi connectivity index (χ2n) is 4.36. The van der Waals surface area contributed by atoms with Crippen LogP contribution >= 0.6 is 11.6 Å². The van der Waals surface area contributed by atoms with Crippen LogP contribution in [-0.2, 0) is 6.54 Å². The number of halogens is 1. The van der Waals surface area contributed by atoms with E-state index in [0.717, 1.165) is 5.56 Å². The molecule has 2 aromatic rings. The minimum absolute atomic E-state index is 0.347. The van der Waals surface area contributed by atoms with Crippen LogP contribution in [0.2, 0.25) is 5.02 Å². The Bertz CT molecular complexity index is 647. The summed E-state index contributed by atoms with van der Waals surface area (Å²) >= 11 is 5.73. The van der Waals surface area contributed by atoms with Crippen molar-refractivity contribution in [2.45, 2.75) is 6.54 Å². The maximum Gasteiger partial charge on any atom is 0.320 e. The molecular formula is C15H16ClN3O3. The lowest BCUT2D eigenvalue weighted by molar-refractivity contribution is 0.251. The molecule has 0 bridgehead atoms. The summed E-state index contributed by atoms with van der Waals surface area (Å²) in [6, 6.07) is 8.36. The minimum atomic E-state index is -0.357. The lowest BCUT2D eigenvalue weighted by Crippen LogP contribution is -2.28. The molecule has 0 aliphatic rings. The molecule has 116 valence electrons. The van der Waals surface area contributed by atoms with Gasteiger partial charge in [-0.1, -0.05) is 17.7 Å². The van der Waals surface area contributed by atoms with E-state index in [4.69, 9.17) is 21.1 Å². The number of nitrogens with one attached hydrogen (secondary N) is 2. The van der Waals surface area contributed by atoms with Gasteiger partial charge in [-0.2, -0.15) is 0 Å². The maximum atomic E-state index is 11.8. The fourth-order valence-electron chi connectivity index (χ4n) is 1.78. The van der Waals surface area contributed by atoms with Crippen molar-refractivity contribution in [1.29, 1.82) is 0 Å². The summed E-state index contributed by atoms with van der Waals surface area (Å²) in [6.07, 6.45) is 1.46. The zero-order valence-corrected chi connectivity index (χ0v) is 13.0. The van der Waals surface area contributed by atoms with Gasteiger partial charge >= 0.3 is 6.03 Å². The van der Waals surface area contributed by atoms with Gasteiger partial charge in [0.1, 0.15) is 5.82 Å². The van der Waals surface area contributed by atoms with Crippen molar-refractivity contribution in [2.24, 2.45) is 0 Å². The van der Waals surface area contributed by atoms with E-state index in [1.165, 1.54) is 6.20 Å². The molecule has 1 aromatic heterocycles. The summed E-state index contributed by atoms with van der Waals surface area (Å²) in [6.45, 7) is 0.347. The number of benzene rings is 1. The number of nitrogens with zero attached hydrogens (tertiary/aromatic N) is 1. The Morgan fingerprint density at radius 2 is 1.95 bits per heavy atom. The van der Waals surface area contributed by atoms with Crippen LogP contribution in [0.4, 0.5) is 10.6 Å². The molecular weight excluding hydrogens is 306 g/mol. The van der Waals surface area contributed by atoms with Crippen LogP contribution in [0.15, 0.2) is 36.5 Å². The van der Waals surface area contributed by atoms with Crippen LogP contribution < -0.4 is 20.1 Å². The van der Waals surface area contributed by atoms with Crippen molar-refractivity contribution in [3.8, 4) is 11.5 Å². The highest BCUT2D eigenvalue weighted by Gasteiger charge is 2.06. The van der Waals surface area contributed by atoms with Crippen LogP contribution in [0.1, 0.15) is 5.56 Å². The van der Waals surface area contributed by atoms with Gasteiger partial charge in [-0.15, -0.1) is 0 Å². The lowest BCUT2D eigenvalue weighted by atomic mass is 10.2. The van der Waals surface area contributed by atoms with Crippen LogP contribution in [0.5, 0.6) is 11.5 Å². The van der Waals surface area contributed by atoms with Crippen molar-refractivity contribution in [1.82, 2.24) is 10.3 Å². The number of hydrogen-bond acceptors (Lipinski definition) is 4. The summed E-state index contributed by atoms with van der Waals surface area (Å²) in [5.41, 5.74) is 0.886. The van der Waals surface area contributed by atoms with E-state index in [0.29, 0.717) is 28.9 Å². The number of aromatic nitrogens is 1. The molecule has 1 aromatic carbocycles. The monoisotopic (exact) mass is 321 g/mol. The van der Waals surface area contributed by atoms with Gasteiger partial charge in [0.2, 0.25) is 0 Å². The third kappa shape index (κ3) is 4.26. The van der Waals surface area contributed by atoms with Crippen molar-refractivity contribution >= 4 is 23.4 Å². The van der Waals surface area contributed by atoms with E-state index in [2.05, 4.69) is 15.6 Å². The molecule has 0 saturated carbocycles. The van der Waals surface area contributed by atoms with E-state index in [-0.39, 0.29) is 6.03 Å². The smallest absolute Gasteiger partial charge is 0.320 e. The molecule has 0 aliphatic carbocycles. The summed E-state index contributed by atoms with van der Waals surface area (Å²) in [7, 11) is 3.14. The molecule has 2 N–H and O–H groups in total. The molecule has 0 atom stereocenters. The van der Waals surface area contributed by atoms with E-state index >= 15 is 0 Å². The van der Waals surface area contributed by atoms with Crippen LogP contribution in [-0.4, -0.2) is 25.2 Å². The molecule has 0 fully saturated rings. The first-order chi connectivity index (χ1) is 10.6. The number of anilines is 1. The SMILES string of the molecule is COc1ccc(CNC(=O)Nc2ccc(Cl)cn2)cc1OC. The molecule has 7 heteroatoms. The standard InChI is InChI=1S/C15H16ClN3O3/c1-21-12-5-3-10(7-13(12)22-2)8-18-15(20)19-14-6-4-11(16)9-17-14/h3-7,9H,8H2,1-2H3,(H2,17,18,19,20). The van der Waals surface area contributed by atoms with Gasteiger partial charge in [-0.25, -0.2) is 9.78 Å². The molecule has 0 aliphatic heterocycles. The Morgan fingerprint density at radius 1 is 1.18 bits per heavy atom. The molecule has 6 nitrogen and oxygen atoms in total. The van der Waals surface area contributed by atoms with Gasteiger partial charge < -0.3 is 14.8 Å². The minimum Gasteiger partial charge on any atom is -0.493 e. The number of hydrogen-bond donors (Lipinski definition) is 2. The first-order valence-corrected chi connectivity index (χ1v) is 6.87. The Kier molecular flexibility index (Phi) is 5.43. The fraction of sp³-hybridized carbons (Fsp3) is 0.200. The number of rotatable bonds is 5. The van der Waals surface area contributed by atoms with E-state index < -0.39 is 0 Å². The van der Waals surface area contributed by atoms with E-state index in [1.54, 1.807) is 38.5 Å². The highest BCUT2D eigenvalue weighted by molar-refractivity contribution is 6.30. The van der Waals surface area contributed by atoms with Crippen LogP contribution in [0.25, 0.3) is 0 Å². The normalized spacial score (nSPS) is 9.95. The highest BCUT2D eigenvalue weighted by atomic mass is 35.5. The predicted octanol–water partition coefficient (Wildman–Crippen LogP) is 3.07. The second kappa shape index (κ2) is 7.51. The topological polar surface area (TPSA) is 72.5 Å². The number of pyridine rings is 1. The number of carbonyl (C=O) groups is 1. The quantitative estimate of drug-likeness (QED) is 0.887. The Hall–Kier alpha value is -2.47. The molecule has 2 amide bonds. The number of urea groups is 1. The molecule has 22 heavy (non-hydrogen) atoms. The first kappa shape index (κ1) is 15.9. The number of carbonyl (C=O) groups excluding carboxylic acids is 1. The number of amides is 2. The largest absolute Gasteiger partial charge is 0.493 e. The molecule has 0 unspecified atom stereocenters. The number of ether oxygens (including phenoxy) is 2.